The zero-order valence-electron chi connectivity index (χ0n) is 13.0. The first-order valence-corrected chi connectivity index (χ1v) is 7.23. The minimum absolute atomic E-state index is 0. The molecule has 2 rings (SSSR count). The van der Waals surface area contributed by atoms with E-state index in [2.05, 4.69) is 4.74 Å². The van der Waals surface area contributed by atoms with Gasteiger partial charge in [0.25, 0.3) is 0 Å². The van der Waals surface area contributed by atoms with E-state index < -0.39 is 0 Å². The van der Waals surface area contributed by atoms with Crippen LogP contribution in [0.15, 0.2) is 18.2 Å². The number of benzene rings is 1. The van der Waals surface area contributed by atoms with Crippen molar-refractivity contribution in [3.63, 3.8) is 0 Å². The lowest BCUT2D eigenvalue weighted by atomic mass is 10.1. The smallest absolute Gasteiger partial charge is 0.305 e. The van der Waals surface area contributed by atoms with E-state index >= 15 is 0 Å². The highest BCUT2D eigenvalue weighted by atomic mass is 35.5. The number of hydrogen-bond acceptors (Lipinski definition) is 4. The molecule has 1 aromatic carbocycles. The number of nitrogens with zero attached hydrogens (tertiary/aromatic N) is 1. The molecule has 2 N–H and O–H groups in total. The zero-order chi connectivity index (χ0) is 15.4. The van der Waals surface area contributed by atoms with E-state index in [4.69, 9.17) is 5.73 Å². The van der Waals surface area contributed by atoms with E-state index in [9.17, 15) is 9.59 Å². The lowest BCUT2D eigenvalue weighted by Gasteiger charge is -2.21. The topological polar surface area (TPSA) is 72.6 Å². The van der Waals surface area contributed by atoms with Crippen LogP contribution >= 0.6 is 12.4 Å². The number of rotatable bonds is 5. The van der Waals surface area contributed by atoms with Crippen molar-refractivity contribution in [2.24, 2.45) is 5.73 Å². The van der Waals surface area contributed by atoms with Gasteiger partial charge in [-0.1, -0.05) is 6.07 Å². The Morgan fingerprint density at radius 1 is 1.32 bits per heavy atom. The molecule has 0 aliphatic heterocycles. The molecule has 0 aromatic heterocycles. The molecule has 0 saturated heterocycles. The van der Waals surface area contributed by atoms with Gasteiger partial charge in [-0.3, -0.25) is 9.59 Å². The largest absolute Gasteiger partial charge is 0.469 e. The summed E-state index contributed by atoms with van der Waals surface area (Å²) in [4.78, 5) is 24.7. The summed E-state index contributed by atoms with van der Waals surface area (Å²) in [6.45, 7) is 2.05. The molecule has 1 aliphatic rings. The zero-order valence-corrected chi connectivity index (χ0v) is 13.8. The summed E-state index contributed by atoms with van der Waals surface area (Å²) < 4.78 is 4.61. The molecule has 0 fully saturated rings. The molecule has 0 spiro atoms. The van der Waals surface area contributed by atoms with Gasteiger partial charge >= 0.3 is 5.97 Å². The van der Waals surface area contributed by atoms with E-state index in [1.807, 2.05) is 18.2 Å². The van der Waals surface area contributed by atoms with Gasteiger partial charge in [0.15, 0.2) is 0 Å². The number of amides is 1. The quantitative estimate of drug-likeness (QED) is 0.838. The average molecular weight is 327 g/mol. The second-order valence-corrected chi connectivity index (χ2v) is 5.47. The summed E-state index contributed by atoms with van der Waals surface area (Å²) in [5.41, 5.74) is 9.33. The molecule has 22 heavy (non-hydrogen) atoms. The Bertz CT molecular complexity index is 548. The number of carbonyl (C=O) groups is 2. The normalized spacial score (nSPS) is 15.7. The molecular weight excluding hydrogens is 304 g/mol. The first kappa shape index (κ1) is 18.5. The van der Waals surface area contributed by atoms with Crippen molar-refractivity contribution in [1.29, 1.82) is 0 Å². The predicted octanol–water partition coefficient (Wildman–Crippen LogP) is 1.84. The highest BCUT2D eigenvalue weighted by Gasteiger charge is 2.20. The summed E-state index contributed by atoms with van der Waals surface area (Å²) >= 11 is 0. The molecule has 1 unspecified atom stereocenters. The maximum Gasteiger partial charge on any atom is 0.305 e. The van der Waals surface area contributed by atoms with E-state index in [0.717, 1.165) is 18.5 Å². The van der Waals surface area contributed by atoms with Crippen LogP contribution in [0.2, 0.25) is 0 Å². The number of anilines is 1. The molecular formula is C16H23ClN2O3. The Hall–Kier alpha value is -1.59. The van der Waals surface area contributed by atoms with Gasteiger partial charge in [-0.2, -0.15) is 0 Å². The third-order valence-corrected chi connectivity index (χ3v) is 3.84. The number of hydrogen-bond donors (Lipinski definition) is 1. The molecule has 0 radical (unpaired) electrons. The standard InChI is InChI=1S/C16H22N2O3.ClH/c1-11(19)18(7-3-4-16(20)21-2)15-6-5-12-8-14(17)9-13(12)10-15;/h5-6,10,14H,3-4,7-9,17H2,1-2H3;1H. The van der Waals surface area contributed by atoms with Gasteiger partial charge in [0, 0.05) is 31.6 Å². The summed E-state index contributed by atoms with van der Waals surface area (Å²) in [5.74, 6) is -0.277. The summed E-state index contributed by atoms with van der Waals surface area (Å²) in [6, 6.07) is 6.23. The van der Waals surface area contributed by atoms with Crippen LogP contribution in [0.4, 0.5) is 5.69 Å². The number of fused-ring (bicyclic) bond motifs is 1. The van der Waals surface area contributed by atoms with Crippen LogP contribution in [0.5, 0.6) is 0 Å². The van der Waals surface area contributed by atoms with Crippen LogP contribution in [-0.4, -0.2) is 31.6 Å². The van der Waals surface area contributed by atoms with Crippen molar-refractivity contribution < 1.29 is 14.3 Å². The van der Waals surface area contributed by atoms with E-state index in [1.165, 1.54) is 25.2 Å². The fourth-order valence-corrected chi connectivity index (χ4v) is 2.76. The summed E-state index contributed by atoms with van der Waals surface area (Å²) in [7, 11) is 1.37. The monoisotopic (exact) mass is 326 g/mol. The third-order valence-electron chi connectivity index (χ3n) is 3.84. The Kier molecular flexibility index (Phi) is 6.84. The maximum atomic E-state index is 11.8. The minimum Gasteiger partial charge on any atom is -0.469 e. The highest BCUT2D eigenvalue weighted by molar-refractivity contribution is 5.91. The van der Waals surface area contributed by atoms with Gasteiger partial charge in [-0.25, -0.2) is 0 Å². The Balaban J connectivity index is 0.00000242. The molecule has 0 heterocycles. The van der Waals surface area contributed by atoms with Crippen molar-refractivity contribution in [2.75, 3.05) is 18.6 Å². The first-order chi connectivity index (χ1) is 10.0. The van der Waals surface area contributed by atoms with Gasteiger partial charge in [0.1, 0.15) is 0 Å². The fourth-order valence-electron chi connectivity index (χ4n) is 2.76. The highest BCUT2D eigenvalue weighted by Crippen LogP contribution is 2.26. The Morgan fingerprint density at radius 2 is 2.00 bits per heavy atom. The second-order valence-electron chi connectivity index (χ2n) is 5.47. The van der Waals surface area contributed by atoms with Crippen molar-refractivity contribution in [3.8, 4) is 0 Å². The average Bonchev–Trinajstić information content (AvgIpc) is 2.81. The van der Waals surface area contributed by atoms with Crippen molar-refractivity contribution in [1.82, 2.24) is 0 Å². The second kappa shape index (κ2) is 8.15. The number of esters is 1. The van der Waals surface area contributed by atoms with Crippen LogP contribution in [0.3, 0.4) is 0 Å². The van der Waals surface area contributed by atoms with Gasteiger partial charge in [0.2, 0.25) is 5.91 Å². The predicted molar refractivity (Wildman–Crippen MR) is 88.4 cm³/mol. The summed E-state index contributed by atoms with van der Waals surface area (Å²) in [6.07, 6.45) is 2.66. The lowest BCUT2D eigenvalue weighted by Crippen LogP contribution is -2.30. The van der Waals surface area contributed by atoms with Crippen molar-refractivity contribution in [3.05, 3.63) is 29.3 Å². The Labute approximate surface area is 137 Å². The molecule has 5 nitrogen and oxygen atoms in total. The molecule has 1 amide bonds. The van der Waals surface area contributed by atoms with E-state index in [-0.39, 0.29) is 30.3 Å². The van der Waals surface area contributed by atoms with Gasteiger partial charge < -0.3 is 15.4 Å². The summed E-state index contributed by atoms with van der Waals surface area (Å²) in [5, 5.41) is 0. The molecule has 0 bridgehead atoms. The SMILES string of the molecule is COC(=O)CCCN(C(C)=O)c1ccc2c(c1)CC(N)C2.Cl. The molecule has 1 atom stereocenters. The molecule has 0 saturated carbocycles. The van der Waals surface area contributed by atoms with Crippen LogP contribution in [-0.2, 0) is 27.2 Å². The fraction of sp³-hybridized carbons (Fsp3) is 0.500. The van der Waals surface area contributed by atoms with Crippen LogP contribution in [0.25, 0.3) is 0 Å². The van der Waals surface area contributed by atoms with Crippen LogP contribution in [0.1, 0.15) is 30.9 Å². The van der Waals surface area contributed by atoms with E-state index in [0.29, 0.717) is 19.4 Å². The third kappa shape index (κ3) is 4.45. The van der Waals surface area contributed by atoms with Crippen molar-refractivity contribution >= 4 is 30.0 Å². The number of halogens is 1. The lowest BCUT2D eigenvalue weighted by molar-refractivity contribution is -0.140. The Morgan fingerprint density at radius 3 is 2.64 bits per heavy atom. The number of methoxy groups -OCH3 is 1. The van der Waals surface area contributed by atoms with Gasteiger partial charge in [-0.05, 0) is 42.5 Å². The number of carbonyl (C=O) groups excluding carboxylic acids is 2. The maximum absolute atomic E-state index is 11.8. The number of nitrogens with two attached hydrogens (primary N) is 1. The molecule has 6 heteroatoms. The van der Waals surface area contributed by atoms with Gasteiger partial charge in [-0.15, -0.1) is 12.4 Å². The number of ether oxygens (including phenoxy) is 1. The van der Waals surface area contributed by atoms with Crippen molar-refractivity contribution in [2.45, 2.75) is 38.6 Å². The van der Waals surface area contributed by atoms with Crippen LogP contribution in [0, 0.1) is 0 Å². The van der Waals surface area contributed by atoms with E-state index in [1.54, 1.807) is 4.90 Å². The van der Waals surface area contributed by atoms with Crippen LogP contribution < -0.4 is 10.6 Å². The minimum atomic E-state index is -0.251. The molecule has 1 aromatic rings. The molecule has 122 valence electrons. The molecule has 1 aliphatic carbocycles. The van der Waals surface area contributed by atoms with Gasteiger partial charge in [0.05, 0.1) is 7.11 Å². The first-order valence-electron chi connectivity index (χ1n) is 7.23.